The van der Waals surface area contributed by atoms with E-state index in [0.717, 1.165) is 5.03 Å². The van der Waals surface area contributed by atoms with Crippen molar-refractivity contribution in [2.24, 2.45) is 0 Å². The molecule has 0 aromatic carbocycles. The van der Waals surface area contributed by atoms with E-state index in [4.69, 9.17) is 18.0 Å². The summed E-state index contributed by atoms with van der Waals surface area (Å²) in [5.41, 5.74) is 0. The highest BCUT2D eigenvalue weighted by Crippen LogP contribution is 2.23. The van der Waals surface area contributed by atoms with Crippen LogP contribution in [-0.2, 0) is 0 Å². The minimum Gasteiger partial charge on any atom is -0.248 e. The Morgan fingerprint density at radius 2 is 2.55 bits per heavy atom. The summed E-state index contributed by atoms with van der Waals surface area (Å²) in [4.78, 5) is 4.05. The summed E-state index contributed by atoms with van der Waals surface area (Å²) in [7, 11) is 0. The summed E-state index contributed by atoms with van der Waals surface area (Å²) in [6.07, 6.45) is 6.78. The van der Waals surface area contributed by atoms with Crippen molar-refractivity contribution in [3.05, 3.63) is 23.4 Å². The van der Waals surface area contributed by atoms with Crippen LogP contribution in [0, 0.1) is 12.3 Å². The van der Waals surface area contributed by atoms with E-state index in [1.165, 1.54) is 11.8 Å². The van der Waals surface area contributed by atoms with Gasteiger partial charge in [-0.05, 0) is 12.1 Å². The number of aromatic nitrogens is 1. The molecule has 0 radical (unpaired) electrons. The molecule has 0 unspecified atom stereocenters. The molecule has 0 aliphatic rings. The fraction of sp³-hybridized carbons (Fsp3) is 0.125. The number of thioether (sulfide) groups is 1. The Balaban J connectivity index is 2.71. The molecule has 0 atom stereocenters. The van der Waals surface area contributed by atoms with E-state index in [9.17, 15) is 0 Å². The van der Waals surface area contributed by atoms with Crippen LogP contribution in [0.15, 0.2) is 23.4 Å². The lowest BCUT2D eigenvalue weighted by Crippen LogP contribution is -1.80. The second-order valence-electron chi connectivity index (χ2n) is 1.78. The van der Waals surface area contributed by atoms with Crippen LogP contribution in [0.3, 0.4) is 0 Å². The lowest BCUT2D eigenvalue weighted by Gasteiger charge is -1.97. The Bertz CT molecular complexity index is 280. The van der Waals surface area contributed by atoms with Gasteiger partial charge in [0.05, 0.1) is 10.8 Å². The molecule has 56 valence electrons. The molecule has 0 bridgehead atoms. The fourth-order valence-electron chi connectivity index (χ4n) is 0.587. The fourth-order valence-corrected chi connectivity index (χ4v) is 1.43. The first-order chi connectivity index (χ1) is 5.34. The molecule has 0 saturated carbocycles. The maximum atomic E-state index is 5.81. The van der Waals surface area contributed by atoms with E-state index < -0.39 is 0 Å². The van der Waals surface area contributed by atoms with Crippen LogP contribution < -0.4 is 0 Å². The van der Waals surface area contributed by atoms with Crippen molar-refractivity contribution in [1.29, 1.82) is 0 Å². The van der Waals surface area contributed by atoms with E-state index in [2.05, 4.69) is 10.9 Å². The van der Waals surface area contributed by atoms with Gasteiger partial charge in [0.1, 0.15) is 5.03 Å². The molecule has 0 aliphatic carbocycles. The number of nitrogens with zero attached hydrogens (tertiary/aromatic N) is 1. The standard InChI is InChI=1S/C8H6ClNS/c1-2-6-11-8-7(9)4-3-5-10-8/h1,3-5H,6H2. The Kier molecular flexibility index (Phi) is 3.28. The van der Waals surface area contributed by atoms with Gasteiger partial charge in [-0.15, -0.1) is 6.42 Å². The third-order valence-corrected chi connectivity index (χ3v) is 2.34. The van der Waals surface area contributed by atoms with E-state index in [1.54, 1.807) is 18.3 Å². The van der Waals surface area contributed by atoms with Crippen LogP contribution in [0.1, 0.15) is 0 Å². The number of pyridine rings is 1. The first-order valence-corrected chi connectivity index (χ1v) is 4.37. The number of rotatable bonds is 2. The van der Waals surface area contributed by atoms with Gasteiger partial charge in [-0.25, -0.2) is 4.98 Å². The average molecular weight is 184 g/mol. The smallest absolute Gasteiger partial charge is 0.116 e. The van der Waals surface area contributed by atoms with E-state index in [0.29, 0.717) is 10.8 Å². The number of halogens is 1. The molecule has 0 spiro atoms. The van der Waals surface area contributed by atoms with E-state index in [-0.39, 0.29) is 0 Å². The quantitative estimate of drug-likeness (QED) is 0.516. The summed E-state index contributed by atoms with van der Waals surface area (Å²) < 4.78 is 0. The van der Waals surface area contributed by atoms with Gasteiger partial charge in [-0.2, -0.15) is 0 Å². The molecule has 0 N–H and O–H groups in total. The highest BCUT2D eigenvalue weighted by atomic mass is 35.5. The summed E-state index contributed by atoms with van der Waals surface area (Å²) in [5.74, 6) is 3.12. The van der Waals surface area contributed by atoms with Gasteiger partial charge in [-0.3, -0.25) is 0 Å². The maximum Gasteiger partial charge on any atom is 0.116 e. The van der Waals surface area contributed by atoms with Crippen molar-refractivity contribution >= 4 is 23.4 Å². The highest BCUT2D eigenvalue weighted by Gasteiger charge is 1.98. The Morgan fingerprint density at radius 3 is 3.18 bits per heavy atom. The van der Waals surface area contributed by atoms with Crippen LogP contribution in [0.5, 0.6) is 0 Å². The number of hydrogen-bond acceptors (Lipinski definition) is 2. The SMILES string of the molecule is C#CCSc1ncccc1Cl. The topological polar surface area (TPSA) is 12.9 Å². The number of hydrogen-bond donors (Lipinski definition) is 0. The van der Waals surface area contributed by atoms with Crippen LogP contribution in [0.2, 0.25) is 5.02 Å². The molecule has 0 amide bonds. The largest absolute Gasteiger partial charge is 0.248 e. The average Bonchev–Trinajstić information content (AvgIpc) is 2.03. The molecule has 1 aromatic heterocycles. The zero-order chi connectivity index (χ0) is 8.10. The summed E-state index contributed by atoms with van der Waals surface area (Å²) >= 11 is 7.28. The van der Waals surface area contributed by atoms with Crippen molar-refractivity contribution in [3.63, 3.8) is 0 Å². The highest BCUT2D eigenvalue weighted by molar-refractivity contribution is 7.99. The minimum absolute atomic E-state index is 0.608. The van der Waals surface area contributed by atoms with E-state index >= 15 is 0 Å². The van der Waals surface area contributed by atoms with Gasteiger partial charge in [-0.1, -0.05) is 29.3 Å². The molecule has 3 heteroatoms. The lowest BCUT2D eigenvalue weighted by atomic mass is 10.5. The van der Waals surface area contributed by atoms with Crippen molar-refractivity contribution in [1.82, 2.24) is 4.98 Å². The monoisotopic (exact) mass is 183 g/mol. The van der Waals surface area contributed by atoms with Gasteiger partial charge in [0.2, 0.25) is 0 Å². The van der Waals surface area contributed by atoms with Gasteiger partial charge < -0.3 is 0 Å². The maximum absolute atomic E-state index is 5.81. The first-order valence-electron chi connectivity index (χ1n) is 3.01. The third kappa shape index (κ3) is 2.45. The van der Waals surface area contributed by atoms with E-state index in [1.807, 2.05) is 0 Å². The molecular formula is C8H6ClNS. The summed E-state index contributed by atoms with van der Waals surface area (Å²) in [6.45, 7) is 0. The Morgan fingerprint density at radius 1 is 1.73 bits per heavy atom. The Hall–Kier alpha value is -0.650. The van der Waals surface area contributed by atoms with Crippen molar-refractivity contribution < 1.29 is 0 Å². The van der Waals surface area contributed by atoms with Crippen LogP contribution in [0.4, 0.5) is 0 Å². The summed E-state index contributed by atoms with van der Waals surface area (Å²) in [6, 6.07) is 3.59. The summed E-state index contributed by atoms with van der Waals surface area (Å²) in [5, 5.41) is 1.46. The molecule has 0 saturated heterocycles. The molecule has 1 aromatic rings. The molecule has 1 nitrogen and oxygen atoms in total. The third-order valence-electron chi connectivity index (χ3n) is 1.02. The molecule has 1 heterocycles. The predicted molar refractivity (Wildman–Crippen MR) is 48.8 cm³/mol. The van der Waals surface area contributed by atoms with Crippen LogP contribution >= 0.6 is 23.4 Å². The van der Waals surface area contributed by atoms with Crippen molar-refractivity contribution in [2.45, 2.75) is 5.03 Å². The zero-order valence-corrected chi connectivity index (χ0v) is 7.32. The second-order valence-corrected chi connectivity index (χ2v) is 3.15. The van der Waals surface area contributed by atoms with Crippen LogP contribution in [-0.4, -0.2) is 10.7 Å². The van der Waals surface area contributed by atoms with Crippen molar-refractivity contribution in [2.75, 3.05) is 5.75 Å². The van der Waals surface area contributed by atoms with Gasteiger partial charge in [0.25, 0.3) is 0 Å². The van der Waals surface area contributed by atoms with Gasteiger partial charge in [0.15, 0.2) is 0 Å². The van der Waals surface area contributed by atoms with Gasteiger partial charge >= 0.3 is 0 Å². The zero-order valence-electron chi connectivity index (χ0n) is 5.75. The number of terminal acetylenes is 1. The normalized spacial score (nSPS) is 9.09. The van der Waals surface area contributed by atoms with Gasteiger partial charge in [0, 0.05) is 6.20 Å². The minimum atomic E-state index is 0.608. The first kappa shape index (κ1) is 8.45. The molecule has 0 fully saturated rings. The predicted octanol–water partition coefficient (Wildman–Crippen LogP) is 2.46. The molecule has 11 heavy (non-hydrogen) atoms. The molecular weight excluding hydrogens is 178 g/mol. The van der Waals surface area contributed by atoms with Crippen LogP contribution in [0.25, 0.3) is 0 Å². The lowest BCUT2D eigenvalue weighted by molar-refractivity contribution is 1.14. The Labute approximate surface area is 75.2 Å². The molecule has 1 rings (SSSR count). The second kappa shape index (κ2) is 4.27. The van der Waals surface area contributed by atoms with Crippen molar-refractivity contribution in [3.8, 4) is 12.3 Å². The molecule has 0 aliphatic heterocycles.